The van der Waals surface area contributed by atoms with E-state index in [1.807, 2.05) is 6.92 Å². The third-order valence-electron chi connectivity index (χ3n) is 2.94. The van der Waals surface area contributed by atoms with Crippen molar-refractivity contribution >= 4 is 23.2 Å². The molecular formula is C13H17ClN2O3. The van der Waals surface area contributed by atoms with Crippen LogP contribution in [0.25, 0.3) is 0 Å². The molecule has 0 saturated carbocycles. The van der Waals surface area contributed by atoms with E-state index in [9.17, 15) is 14.9 Å². The van der Waals surface area contributed by atoms with Crippen LogP contribution in [-0.2, 0) is 0 Å². The van der Waals surface area contributed by atoms with Gasteiger partial charge in [0.1, 0.15) is 0 Å². The molecule has 104 valence electrons. The van der Waals surface area contributed by atoms with Gasteiger partial charge >= 0.3 is 0 Å². The molecule has 0 saturated heterocycles. The Kier molecular flexibility index (Phi) is 5.76. The number of nitro groups is 1. The summed E-state index contributed by atoms with van der Waals surface area (Å²) < 4.78 is 0. The Morgan fingerprint density at radius 1 is 1.53 bits per heavy atom. The molecule has 5 nitrogen and oxygen atoms in total. The molecule has 1 N–H and O–H groups in total. The van der Waals surface area contributed by atoms with E-state index in [4.69, 9.17) is 11.6 Å². The summed E-state index contributed by atoms with van der Waals surface area (Å²) in [7, 11) is 0. The number of hydrogen-bond donors (Lipinski definition) is 1. The van der Waals surface area contributed by atoms with Crippen LogP contribution in [0.5, 0.6) is 0 Å². The Morgan fingerprint density at radius 3 is 2.68 bits per heavy atom. The zero-order valence-electron chi connectivity index (χ0n) is 11.0. The first-order valence-corrected chi connectivity index (χ1v) is 6.64. The number of aryl methyl sites for hydroxylation is 1. The van der Waals surface area contributed by atoms with Gasteiger partial charge in [-0.3, -0.25) is 14.9 Å². The van der Waals surface area contributed by atoms with Crippen LogP contribution >= 0.6 is 11.6 Å². The predicted molar refractivity (Wildman–Crippen MR) is 74.7 cm³/mol. The number of nitrogens with one attached hydrogen (secondary N) is 1. The van der Waals surface area contributed by atoms with Gasteiger partial charge in [0.15, 0.2) is 0 Å². The second kappa shape index (κ2) is 7.09. The van der Waals surface area contributed by atoms with E-state index in [0.717, 1.165) is 6.42 Å². The lowest BCUT2D eigenvalue weighted by atomic mass is 10.1. The van der Waals surface area contributed by atoms with Gasteiger partial charge in [-0.05, 0) is 31.9 Å². The molecular weight excluding hydrogens is 268 g/mol. The quantitative estimate of drug-likeness (QED) is 0.496. The highest BCUT2D eigenvalue weighted by Gasteiger charge is 2.15. The van der Waals surface area contributed by atoms with Crippen LogP contribution in [0.15, 0.2) is 18.2 Å². The lowest BCUT2D eigenvalue weighted by Crippen LogP contribution is -2.34. The molecule has 1 aromatic rings. The van der Waals surface area contributed by atoms with Crippen molar-refractivity contribution in [1.82, 2.24) is 5.32 Å². The number of hydrogen-bond acceptors (Lipinski definition) is 3. The maximum atomic E-state index is 12.0. The molecule has 0 fully saturated rings. The molecule has 0 heterocycles. The fraction of sp³-hybridized carbons (Fsp3) is 0.462. The van der Waals surface area contributed by atoms with Gasteiger partial charge in [0.25, 0.3) is 11.6 Å². The Morgan fingerprint density at radius 2 is 2.21 bits per heavy atom. The fourth-order valence-corrected chi connectivity index (χ4v) is 2.04. The molecule has 1 unspecified atom stereocenters. The molecule has 0 aliphatic carbocycles. The van der Waals surface area contributed by atoms with E-state index in [-0.39, 0.29) is 17.6 Å². The Balaban J connectivity index is 2.83. The standard InChI is InChI=1S/C13H17ClN2O3/c1-3-11(6-7-14)15-13(17)10-4-5-12(16(18)19)9(2)8-10/h4-5,8,11H,3,6-7H2,1-2H3,(H,15,17). The summed E-state index contributed by atoms with van der Waals surface area (Å²) in [6.07, 6.45) is 1.50. The molecule has 0 radical (unpaired) electrons. The zero-order valence-corrected chi connectivity index (χ0v) is 11.7. The normalized spacial score (nSPS) is 11.9. The topological polar surface area (TPSA) is 72.2 Å². The van der Waals surface area contributed by atoms with Crippen LogP contribution < -0.4 is 5.32 Å². The van der Waals surface area contributed by atoms with E-state index in [2.05, 4.69) is 5.32 Å². The van der Waals surface area contributed by atoms with Gasteiger partial charge in [-0.2, -0.15) is 0 Å². The summed E-state index contributed by atoms with van der Waals surface area (Å²) in [5, 5.41) is 13.6. The first-order chi connectivity index (χ1) is 8.99. The van der Waals surface area contributed by atoms with E-state index < -0.39 is 4.92 Å². The van der Waals surface area contributed by atoms with Gasteiger partial charge in [0, 0.05) is 29.1 Å². The van der Waals surface area contributed by atoms with Gasteiger partial charge in [-0.15, -0.1) is 11.6 Å². The van der Waals surface area contributed by atoms with Crippen molar-refractivity contribution in [3.05, 3.63) is 39.4 Å². The first kappa shape index (κ1) is 15.4. The highest BCUT2D eigenvalue weighted by molar-refractivity contribution is 6.17. The second-order valence-corrected chi connectivity index (χ2v) is 4.69. The zero-order chi connectivity index (χ0) is 14.4. The lowest BCUT2D eigenvalue weighted by molar-refractivity contribution is -0.385. The molecule has 0 aliphatic rings. The highest BCUT2D eigenvalue weighted by atomic mass is 35.5. The molecule has 1 aromatic carbocycles. The number of halogens is 1. The van der Waals surface area contributed by atoms with Crippen molar-refractivity contribution in [2.24, 2.45) is 0 Å². The molecule has 6 heteroatoms. The number of benzene rings is 1. The minimum Gasteiger partial charge on any atom is -0.349 e. The summed E-state index contributed by atoms with van der Waals surface area (Å²) in [6, 6.07) is 4.38. The van der Waals surface area contributed by atoms with Gasteiger partial charge in [-0.25, -0.2) is 0 Å². The third kappa shape index (κ3) is 4.21. The summed E-state index contributed by atoms with van der Waals surface area (Å²) in [4.78, 5) is 22.2. The van der Waals surface area contributed by atoms with Crippen LogP contribution in [0.2, 0.25) is 0 Å². The van der Waals surface area contributed by atoms with Crippen molar-refractivity contribution < 1.29 is 9.72 Å². The largest absolute Gasteiger partial charge is 0.349 e. The van der Waals surface area contributed by atoms with Crippen molar-refractivity contribution in [2.45, 2.75) is 32.7 Å². The average molecular weight is 285 g/mol. The fourth-order valence-electron chi connectivity index (χ4n) is 1.78. The monoisotopic (exact) mass is 284 g/mol. The molecule has 0 aliphatic heterocycles. The van der Waals surface area contributed by atoms with E-state index in [1.54, 1.807) is 6.92 Å². The summed E-state index contributed by atoms with van der Waals surface area (Å²) in [5.41, 5.74) is 0.920. The molecule has 1 amide bonds. The number of carbonyl (C=O) groups excluding carboxylic acids is 1. The van der Waals surface area contributed by atoms with Crippen LogP contribution in [0, 0.1) is 17.0 Å². The molecule has 0 spiro atoms. The molecule has 1 rings (SSSR count). The lowest BCUT2D eigenvalue weighted by Gasteiger charge is -2.15. The minimum absolute atomic E-state index is 0.0179. The van der Waals surface area contributed by atoms with Crippen LogP contribution in [0.3, 0.4) is 0 Å². The Hall–Kier alpha value is -1.62. The van der Waals surface area contributed by atoms with Gasteiger partial charge in [0.2, 0.25) is 0 Å². The van der Waals surface area contributed by atoms with Crippen LogP contribution in [0.4, 0.5) is 5.69 Å². The molecule has 0 bridgehead atoms. The Bertz CT molecular complexity index is 477. The van der Waals surface area contributed by atoms with Gasteiger partial charge in [-0.1, -0.05) is 6.92 Å². The highest BCUT2D eigenvalue weighted by Crippen LogP contribution is 2.18. The number of nitrogens with zero attached hydrogens (tertiary/aromatic N) is 1. The van der Waals surface area contributed by atoms with Crippen molar-refractivity contribution in [3.63, 3.8) is 0 Å². The average Bonchev–Trinajstić information content (AvgIpc) is 2.37. The minimum atomic E-state index is -0.459. The maximum absolute atomic E-state index is 12.0. The van der Waals surface area contributed by atoms with Crippen LogP contribution in [-0.4, -0.2) is 22.8 Å². The molecule has 1 atom stereocenters. The molecule has 0 aromatic heterocycles. The first-order valence-electron chi connectivity index (χ1n) is 6.11. The van der Waals surface area contributed by atoms with E-state index in [0.29, 0.717) is 23.4 Å². The maximum Gasteiger partial charge on any atom is 0.272 e. The SMILES string of the molecule is CCC(CCCl)NC(=O)c1ccc([N+](=O)[O-])c(C)c1. The Labute approximate surface area is 117 Å². The smallest absolute Gasteiger partial charge is 0.272 e. The summed E-state index contributed by atoms with van der Waals surface area (Å²) in [5.74, 6) is 0.257. The number of rotatable bonds is 6. The third-order valence-corrected chi connectivity index (χ3v) is 3.16. The predicted octanol–water partition coefficient (Wildman–Crippen LogP) is 3.04. The number of amides is 1. The summed E-state index contributed by atoms with van der Waals surface area (Å²) >= 11 is 5.66. The van der Waals surface area contributed by atoms with Crippen molar-refractivity contribution in [2.75, 3.05) is 5.88 Å². The number of carbonyl (C=O) groups is 1. The number of nitro benzene ring substituents is 1. The van der Waals surface area contributed by atoms with E-state index in [1.165, 1.54) is 18.2 Å². The van der Waals surface area contributed by atoms with Gasteiger partial charge < -0.3 is 5.32 Å². The van der Waals surface area contributed by atoms with E-state index >= 15 is 0 Å². The van der Waals surface area contributed by atoms with Crippen molar-refractivity contribution in [3.8, 4) is 0 Å². The summed E-state index contributed by atoms with van der Waals surface area (Å²) in [6.45, 7) is 3.59. The van der Waals surface area contributed by atoms with Crippen molar-refractivity contribution in [1.29, 1.82) is 0 Å². The number of alkyl halides is 1. The van der Waals surface area contributed by atoms with Crippen LogP contribution in [0.1, 0.15) is 35.7 Å². The van der Waals surface area contributed by atoms with Gasteiger partial charge in [0.05, 0.1) is 4.92 Å². The second-order valence-electron chi connectivity index (χ2n) is 4.31. The molecule has 19 heavy (non-hydrogen) atoms.